The summed E-state index contributed by atoms with van der Waals surface area (Å²) in [6.07, 6.45) is 0. The van der Waals surface area contributed by atoms with E-state index in [0.29, 0.717) is 29.4 Å². The van der Waals surface area contributed by atoms with E-state index in [1.54, 1.807) is 20.0 Å². The lowest BCUT2D eigenvalue weighted by Gasteiger charge is -2.39. The zero-order valence-corrected chi connectivity index (χ0v) is 22.1. The standard InChI is InChI=1S/C25H28ClFN4O5S/c1-3-36-24(32)22-21(29(2)25(33)28-23(22)17-5-4-6-19(27)15-17)16-30-11-13-31(14-12-30)37(34,35)20-9-7-18(26)8-10-20/h4-10,15,23H,3,11-14,16H2,1-2H3,(H,28,33). The number of hydrogen-bond donors (Lipinski definition) is 1. The summed E-state index contributed by atoms with van der Waals surface area (Å²) in [7, 11) is -2.13. The van der Waals surface area contributed by atoms with Crippen molar-refractivity contribution in [1.82, 2.24) is 19.4 Å². The summed E-state index contributed by atoms with van der Waals surface area (Å²) < 4.78 is 46.8. The number of benzene rings is 2. The van der Waals surface area contributed by atoms with Crippen LogP contribution >= 0.6 is 11.6 Å². The van der Waals surface area contributed by atoms with E-state index in [4.69, 9.17) is 16.3 Å². The minimum atomic E-state index is -3.68. The number of ether oxygens (including phenoxy) is 1. The molecule has 4 rings (SSSR count). The lowest BCUT2D eigenvalue weighted by Crippen LogP contribution is -2.53. The third-order valence-electron chi connectivity index (χ3n) is 6.41. The minimum absolute atomic E-state index is 0.129. The van der Waals surface area contributed by atoms with E-state index in [0.717, 1.165) is 0 Å². The number of urea groups is 1. The number of carbonyl (C=O) groups excluding carboxylic acids is 2. The van der Waals surface area contributed by atoms with Crippen LogP contribution in [-0.4, -0.2) is 80.9 Å². The van der Waals surface area contributed by atoms with Gasteiger partial charge in [0, 0.05) is 50.5 Å². The number of likely N-dealkylation sites (N-methyl/N-ethyl adjacent to an activating group) is 1. The number of hydrogen-bond acceptors (Lipinski definition) is 6. The van der Waals surface area contributed by atoms with Crippen molar-refractivity contribution in [2.24, 2.45) is 0 Å². The van der Waals surface area contributed by atoms with E-state index in [9.17, 15) is 22.4 Å². The first-order chi connectivity index (χ1) is 17.6. The number of esters is 1. The topological polar surface area (TPSA) is 99.3 Å². The number of halogens is 2. The number of sulfonamides is 1. The Labute approximate surface area is 220 Å². The molecule has 1 saturated heterocycles. The Morgan fingerprint density at radius 2 is 1.81 bits per heavy atom. The van der Waals surface area contributed by atoms with Gasteiger partial charge in [0.15, 0.2) is 0 Å². The molecule has 1 unspecified atom stereocenters. The largest absolute Gasteiger partial charge is 0.463 e. The molecule has 2 aromatic rings. The molecule has 2 amide bonds. The molecule has 0 aromatic heterocycles. The number of nitrogens with one attached hydrogen (secondary N) is 1. The smallest absolute Gasteiger partial charge is 0.338 e. The van der Waals surface area contributed by atoms with Gasteiger partial charge in [0.1, 0.15) is 5.82 Å². The highest BCUT2D eigenvalue weighted by molar-refractivity contribution is 7.89. The van der Waals surface area contributed by atoms with Crippen molar-refractivity contribution >= 4 is 33.6 Å². The first-order valence-corrected chi connectivity index (χ1v) is 13.6. The van der Waals surface area contributed by atoms with Crippen LogP contribution in [0, 0.1) is 5.82 Å². The molecule has 198 valence electrons. The van der Waals surface area contributed by atoms with Gasteiger partial charge in [-0.2, -0.15) is 4.31 Å². The van der Waals surface area contributed by atoms with Crippen molar-refractivity contribution in [3.63, 3.8) is 0 Å². The van der Waals surface area contributed by atoms with E-state index in [1.807, 2.05) is 4.90 Å². The molecule has 2 heterocycles. The second kappa shape index (κ2) is 11.2. The molecular formula is C25H28ClFN4O5S. The number of nitrogens with zero attached hydrogens (tertiary/aromatic N) is 3. The van der Waals surface area contributed by atoms with Gasteiger partial charge in [0.2, 0.25) is 10.0 Å². The highest BCUT2D eigenvalue weighted by Gasteiger charge is 2.38. The molecule has 9 nitrogen and oxygen atoms in total. The van der Waals surface area contributed by atoms with Gasteiger partial charge in [0.25, 0.3) is 0 Å². The van der Waals surface area contributed by atoms with Crippen LogP contribution in [0.25, 0.3) is 0 Å². The molecule has 0 radical (unpaired) electrons. The Morgan fingerprint density at radius 1 is 1.14 bits per heavy atom. The molecule has 0 bridgehead atoms. The summed E-state index contributed by atoms with van der Waals surface area (Å²) in [5.41, 5.74) is 1.05. The zero-order chi connectivity index (χ0) is 26.7. The SMILES string of the molecule is CCOC(=O)C1=C(CN2CCN(S(=O)(=O)c3ccc(Cl)cc3)CC2)N(C)C(=O)NC1c1cccc(F)c1. The van der Waals surface area contributed by atoms with Gasteiger partial charge in [-0.05, 0) is 48.9 Å². The summed E-state index contributed by atoms with van der Waals surface area (Å²) >= 11 is 5.89. The van der Waals surface area contributed by atoms with Crippen LogP contribution in [0.2, 0.25) is 5.02 Å². The Kier molecular flexibility index (Phi) is 8.17. The maximum absolute atomic E-state index is 14.0. The third kappa shape index (κ3) is 5.80. The molecule has 2 aliphatic heterocycles. The first-order valence-electron chi connectivity index (χ1n) is 11.8. The quantitative estimate of drug-likeness (QED) is 0.532. The van der Waals surface area contributed by atoms with Crippen LogP contribution in [-0.2, 0) is 19.6 Å². The molecule has 37 heavy (non-hydrogen) atoms. The van der Waals surface area contributed by atoms with Crippen molar-refractivity contribution in [1.29, 1.82) is 0 Å². The predicted octanol–water partition coefficient (Wildman–Crippen LogP) is 3.00. The highest BCUT2D eigenvalue weighted by atomic mass is 35.5. The van der Waals surface area contributed by atoms with Crippen LogP contribution in [0.3, 0.4) is 0 Å². The summed E-state index contributed by atoms with van der Waals surface area (Å²) in [5.74, 6) is -1.10. The number of amides is 2. The molecule has 1 N–H and O–H groups in total. The van der Waals surface area contributed by atoms with Crippen molar-refractivity contribution in [3.05, 3.63) is 76.2 Å². The fraction of sp³-hybridized carbons (Fsp3) is 0.360. The predicted molar refractivity (Wildman–Crippen MR) is 136 cm³/mol. The van der Waals surface area contributed by atoms with Crippen molar-refractivity contribution in [3.8, 4) is 0 Å². The van der Waals surface area contributed by atoms with Gasteiger partial charge in [-0.1, -0.05) is 23.7 Å². The normalized spacial score (nSPS) is 19.6. The maximum Gasteiger partial charge on any atom is 0.338 e. The Bertz CT molecular complexity index is 1310. The molecule has 12 heteroatoms. The zero-order valence-electron chi connectivity index (χ0n) is 20.5. The van der Waals surface area contributed by atoms with Crippen LogP contribution in [0.15, 0.2) is 64.7 Å². The van der Waals surface area contributed by atoms with Gasteiger partial charge < -0.3 is 10.1 Å². The van der Waals surface area contributed by atoms with E-state index < -0.39 is 33.9 Å². The lowest BCUT2D eigenvalue weighted by atomic mass is 9.94. The molecule has 0 aliphatic carbocycles. The lowest BCUT2D eigenvalue weighted by molar-refractivity contribution is -0.139. The molecule has 2 aliphatic rings. The molecular weight excluding hydrogens is 523 g/mol. The van der Waals surface area contributed by atoms with Crippen molar-refractivity contribution in [2.45, 2.75) is 17.9 Å². The second-order valence-electron chi connectivity index (χ2n) is 8.71. The van der Waals surface area contributed by atoms with E-state index >= 15 is 0 Å². The fourth-order valence-corrected chi connectivity index (χ4v) is 5.98. The second-order valence-corrected chi connectivity index (χ2v) is 11.1. The maximum atomic E-state index is 14.0. The Hall–Kier alpha value is -2.99. The van der Waals surface area contributed by atoms with Crippen LogP contribution in [0.4, 0.5) is 9.18 Å². The molecule has 1 atom stereocenters. The van der Waals surface area contributed by atoms with Crippen LogP contribution < -0.4 is 5.32 Å². The third-order valence-corrected chi connectivity index (χ3v) is 8.58. The summed E-state index contributed by atoms with van der Waals surface area (Å²) in [6, 6.07) is 10.4. The molecule has 2 aromatic carbocycles. The van der Waals surface area contributed by atoms with Crippen LogP contribution in [0.5, 0.6) is 0 Å². The van der Waals surface area contributed by atoms with Crippen LogP contribution in [0.1, 0.15) is 18.5 Å². The van der Waals surface area contributed by atoms with E-state index in [2.05, 4.69) is 5.32 Å². The Morgan fingerprint density at radius 3 is 2.43 bits per heavy atom. The summed E-state index contributed by atoms with van der Waals surface area (Å²) in [6.45, 7) is 3.25. The summed E-state index contributed by atoms with van der Waals surface area (Å²) in [4.78, 5) is 29.4. The van der Waals surface area contributed by atoms with Gasteiger partial charge in [-0.25, -0.2) is 22.4 Å². The average Bonchev–Trinajstić information content (AvgIpc) is 2.87. The average molecular weight is 551 g/mol. The number of carbonyl (C=O) groups is 2. The molecule has 0 saturated carbocycles. The van der Waals surface area contributed by atoms with Gasteiger partial charge in [-0.15, -0.1) is 0 Å². The molecule has 1 fully saturated rings. The van der Waals surface area contributed by atoms with Gasteiger partial charge >= 0.3 is 12.0 Å². The van der Waals surface area contributed by atoms with E-state index in [-0.39, 0.29) is 36.7 Å². The molecule has 0 spiro atoms. The number of rotatable bonds is 7. The first kappa shape index (κ1) is 27.1. The summed E-state index contributed by atoms with van der Waals surface area (Å²) in [5, 5.41) is 3.21. The number of piperazine rings is 1. The van der Waals surface area contributed by atoms with Gasteiger partial charge in [-0.3, -0.25) is 9.80 Å². The Balaban J connectivity index is 1.59. The highest BCUT2D eigenvalue weighted by Crippen LogP contribution is 2.32. The van der Waals surface area contributed by atoms with Crippen molar-refractivity contribution in [2.75, 3.05) is 46.4 Å². The van der Waals surface area contributed by atoms with Crippen molar-refractivity contribution < 1.29 is 27.1 Å². The van der Waals surface area contributed by atoms with Gasteiger partial charge in [0.05, 0.1) is 23.1 Å². The monoisotopic (exact) mass is 550 g/mol. The fourth-order valence-electron chi connectivity index (χ4n) is 4.43. The minimum Gasteiger partial charge on any atom is -0.463 e. The van der Waals surface area contributed by atoms with E-state index in [1.165, 1.54) is 51.7 Å².